The van der Waals surface area contributed by atoms with Gasteiger partial charge < -0.3 is 9.26 Å². The van der Waals surface area contributed by atoms with Gasteiger partial charge in [0.2, 0.25) is 7.37 Å². The van der Waals surface area contributed by atoms with E-state index in [1.807, 2.05) is 31.2 Å². The molecule has 0 spiro atoms. The highest BCUT2D eigenvalue weighted by Gasteiger charge is 2.15. The van der Waals surface area contributed by atoms with Gasteiger partial charge in [-0.25, -0.2) is 0 Å². The zero-order valence-corrected chi connectivity index (χ0v) is 11.3. The molecule has 0 radical (unpaired) electrons. The van der Waals surface area contributed by atoms with Crippen LogP contribution >= 0.6 is 23.3 Å². The van der Waals surface area contributed by atoms with E-state index in [2.05, 4.69) is 15.9 Å². The number of rotatable bonds is 5. The maximum Gasteiger partial charge on any atom is 0.236 e. The third-order valence-electron chi connectivity index (χ3n) is 1.66. The number of hydrogen-bond acceptors (Lipinski definition) is 3. The van der Waals surface area contributed by atoms with Crippen molar-refractivity contribution in [3.05, 3.63) is 28.7 Å². The Morgan fingerprint density at radius 2 is 2.20 bits per heavy atom. The second-order valence-corrected chi connectivity index (χ2v) is 6.62. The predicted octanol–water partition coefficient (Wildman–Crippen LogP) is 3.73. The van der Waals surface area contributed by atoms with E-state index < -0.39 is 7.37 Å². The molecule has 0 bridgehead atoms. The number of benzene rings is 1. The van der Waals surface area contributed by atoms with Crippen LogP contribution in [0.4, 0.5) is 0 Å². The lowest BCUT2D eigenvalue weighted by Gasteiger charge is -2.13. The normalized spacial score (nSPS) is 14.6. The van der Waals surface area contributed by atoms with Gasteiger partial charge in [-0.05, 0) is 25.1 Å². The molecule has 0 aliphatic heterocycles. The Kier molecular flexibility index (Phi) is 4.84. The zero-order chi connectivity index (χ0) is 11.3. The van der Waals surface area contributed by atoms with Gasteiger partial charge >= 0.3 is 0 Å². The van der Waals surface area contributed by atoms with Crippen LogP contribution in [0.5, 0.6) is 5.75 Å². The molecular formula is C10H14BrO3P. The van der Waals surface area contributed by atoms with E-state index in [4.69, 9.17) is 9.26 Å². The van der Waals surface area contributed by atoms with Crippen LogP contribution in [0.2, 0.25) is 0 Å². The minimum absolute atomic E-state index is 0.108. The molecule has 0 fully saturated rings. The molecule has 1 rings (SSSR count). The van der Waals surface area contributed by atoms with Gasteiger partial charge in [-0.3, -0.25) is 4.57 Å². The van der Waals surface area contributed by atoms with Crippen LogP contribution < -0.4 is 4.74 Å². The van der Waals surface area contributed by atoms with Gasteiger partial charge in [0.05, 0.1) is 6.61 Å². The number of hydrogen-bond donors (Lipinski definition) is 0. The summed E-state index contributed by atoms with van der Waals surface area (Å²) in [5.74, 6) is 0.686. The van der Waals surface area contributed by atoms with Crippen molar-refractivity contribution < 1.29 is 13.8 Å². The third-order valence-corrected chi connectivity index (χ3v) is 3.56. The average Bonchev–Trinajstić information content (AvgIpc) is 2.15. The molecule has 0 saturated heterocycles. The summed E-state index contributed by atoms with van der Waals surface area (Å²) in [6.07, 6.45) is 0.108. The predicted molar refractivity (Wildman–Crippen MR) is 64.8 cm³/mol. The first-order valence-electron chi connectivity index (χ1n) is 4.63. The quantitative estimate of drug-likeness (QED) is 0.776. The van der Waals surface area contributed by atoms with Crippen LogP contribution in [0.1, 0.15) is 6.92 Å². The Morgan fingerprint density at radius 1 is 1.47 bits per heavy atom. The van der Waals surface area contributed by atoms with E-state index in [0.29, 0.717) is 12.4 Å². The van der Waals surface area contributed by atoms with Gasteiger partial charge in [-0.15, -0.1) is 0 Å². The van der Waals surface area contributed by atoms with Crippen molar-refractivity contribution in [2.45, 2.75) is 6.92 Å². The van der Waals surface area contributed by atoms with E-state index in [1.54, 1.807) is 6.66 Å². The van der Waals surface area contributed by atoms with Crippen LogP contribution in [-0.2, 0) is 9.09 Å². The monoisotopic (exact) mass is 292 g/mol. The molecule has 0 aromatic heterocycles. The van der Waals surface area contributed by atoms with E-state index in [-0.39, 0.29) is 6.35 Å². The lowest BCUT2D eigenvalue weighted by Crippen LogP contribution is -2.01. The van der Waals surface area contributed by atoms with Crippen molar-refractivity contribution in [1.29, 1.82) is 0 Å². The smallest absolute Gasteiger partial charge is 0.236 e. The van der Waals surface area contributed by atoms with Gasteiger partial charge in [0, 0.05) is 11.1 Å². The van der Waals surface area contributed by atoms with Crippen LogP contribution in [0.25, 0.3) is 0 Å². The van der Waals surface area contributed by atoms with Crippen molar-refractivity contribution in [2.75, 3.05) is 19.6 Å². The molecule has 3 nitrogen and oxygen atoms in total. The summed E-state index contributed by atoms with van der Waals surface area (Å²) in [7, 11) is -2.61. The summed E-state index contributed by atoms with van der Waals surface area (Å²) in [6, 6.07) is 7.41. The number of halogens is 1. The van der Waals surface area contributed by atoms with E-state index >= 15 is 0 Å². The van der Waals surface area contributed by atoms with Gasteiger partial charge in [-0.1, -0.05) is 22.0 Å². The van der Waals surface area contributed by atoms with Gasteiger partial charge in [0.25, 0.3) is 0 Å². The average molecular weight is 293 g/mol. The molecule has 0 aliphatic rings. The van der Waals surface area contributed by atoms with Crippen molar-refractivity contribution in [3.8, 4) is 5.75 Å². The largest absolute Gasteiger partial charge is 0.483 e. The minimum atomic E-state index is -2.61. The fourth-order valence-electron chi connectivity index (χ4n) is 1.06. The van der Waals surface area contributed by atoms with E-state index in [0.717, 1.165) is 4.47 Å². The molecule has 0 amide bonds. The molecule has 1 atom stereocenters. The summed E-state index contributed by atoms with van der Waals surface area (Å²) in [4.78, 5) is 0. The lowest BCUT2D eigenvalue weighted by atomic mass is 10.3. The SMILES string of the molecule is CCOP(C)(=O)COc1cccc(Br)c1. The molecule has 0 aliphatic carbocycles. The lowest BCUT2D eigenvalue weighted by molar-refractivity contribution is 0.297. The molecule has 1 aromatic rings. The molecule has 15 heavy (non-hydrogen) atoms. The minimum Gasteiger partial charge on any atom is -0.483 e. The Morgan fingerprint density at radius 3 is 2.80 bits per heavy atom. The first-order chi connectivity index (χ1) is 7.03. The first-order valence-corrected chi connectivity index (χ1v) is 7.68. The Bertz CT molecular complexity index is 367. The molecule has 1 aromatic carbocycles. The second-order valence-electron chi connectivity index (χ2n) is 3.16. The molecule has 1 unspecified atom stereocenters. The van der Waals surface area contributed by atoms with E-state index in [1.165, 1.54) is 0 Å². The van der Waals surface area contributed by atoms with Crippen molar-refractivity contribution in [1.82, 2.24) is 0 Å². The molecule has 0 saturated carbocycles. The third kappa shape index (κ3) is 4.83. The second kappa shape index (κ2) is 5.69. The standard InChI is InChI=1S/C10H14BrO3P/c1-3-14-15(2,12)8-13-10-6-4-5-9(11)7-10/h4-7H,3,8H2,1-2H3. The van der Waals surface area contributed by atoms with Crippen LogP contribution in [-0.4, -0.2) is 19.6 Å². The molecule has 5 heteroatoms. The number of ether oxygens (including phenoxy) is 1. The first kappa shape index (κ1) is 12.8. The highest BCUT2D eigenvalue weighted by molar-refractivity contribution is 9.10. The Labute approximate surface area is 98.4 Å². The molecular weight excluding hydrogens is 279 g/mol. The molecule has 84 valence electrons. The summed E-state index contributed by atoms with van der Waals surface area (Å²) in [5.41, 5.74) is 0. The highest BCUT2D eigenvalue weighted by atomic mass is 79.9. The summed E-state index contributed by atoms with van der Waals surface area (Å²) < 4.78 is 23.1. The van der Waals surface area contributed by atoms with Gasteiger partial charge in [0.15, 0.2) is 6.35 Å². The maximum atomic E-state index is 11.7. The fourth-order valence-corrected chi connectivity index (χ4v) is 2.44. The Balaban J connectivity index is 2.53. The summed E-state index contributed by atoms with van der Waals surface area (Å²) >= 11 is 3.33. The molecule has 0 N–H and O–H groups in total. The summed E-state index contributed by atoms with van der Waals surface area (Å²) in [5, 5.41) is 0. The van der Waals surface area contributed by atoms with Crippen LogP contribution in [0, 0.1) is 0 Å². The van der Waals surface area contributed by atoms with Crippen molar-refractivity contribution in [2.24, 2.45) is 0 Å². The maximum absolute atomic E-state index is 11.7. The van der Waals surface area contributed by atoms with Crippen molar-refractivity contribution >= 4 is 23.3 Å². The highest BCUT2D eigenvalue weighted by Crippen LogP contribution is 2.42. The zero-order valence-electron chi connectivity index (χ0n) is 8.77. The van der Waals surface area contributed by atoms with Gasteiger partial charge in [0.1, 0.15) is 5.75 Å². The van der Waals surface area contributed by atoms with Gasteiger partial charge in [-0.2, -0.15) is 0 Å². The van der Waals surface area contributed by atoms with Crippen LogP contribution in [0.15, 0.2) is 28.7 Å². The van der Waals surface area contributed by atoms with Crippen molar-refractivity contribution in [3.63, 3.8) is 0 Å². The fraction of sp³-hybridized carbons (Fsp3) is 0.400. The Hall–Kier alpha value is -0.310. The summed E-state index contributed by atoms with van der Waals surface area (Å²) in [6.45, 7) is 3.83. The van der Waals surface area contributed by atoms with E-state index in [9.17, 15) is 4.57 Å². The topological polar surface area (TPSA) is 35.5 Å². The van der Waals surface area contributed by atoms with Crippen LogP contribution in [0.3, 0.4) is 0 Å². The molecule has 0 heterocycles.